The summed E-state index contributed by atoms with van der Waals surface area (Å²) in [6.45, 7) is 0. The second-order valence-corrected chi connectivity index (χ2v) is 8.42. The highest BCUT2D eigenvalue weighted by Crippen LogP contribution is 2.28. The average Bonchev–Trinajstić information content (AvgIpc) is 2.86. The maximum absolute atomic E-state index is 12.6. The fraction of sp³-hybridized carbons (Fsp3) is 0.500. The topological polar surface area (TPSA) is 71.5 Å². The molecule has 3 rings (SSSR count). The van der Waals surface area contributed by atoms with E-state index >= 15 is 0 Å². The summed E-state index contributed by atoms with van der Waals surface area (Å²) in [5, 5.41) is 0. The summed E-state index contributed by atoms with van der Waals surface area (Å²) >= 11 is 0. The number of rotatable bonds is 2. The lowest BCUT2D eigenvalue weighted by atomic mass is 9.82. The minimum atomic E-state index is -3.02. The summed E-state index contributed by atoms with van der Waals surface area (Å²) in [7, 11) is -1.37. The van der Waals surface area contributed by atoms with Gasteiger partial charge in [0.05, 0.1) is 11.5 Å². The largest absolute Gasteiger partial charge is 0.341 e. The number of ketones is 1. The third-order valence-electron chi connectivity index (χ3n) is 4.67. The Balaban J connectivity index is 1.75. The highest BCUT2D eigenvalue weighted by atomic mass is 32.2. The van der Waals surface area contributed by atoms with Gasteiger partial charge >= 0.3 is 0 Å². The summed E-state index contributed by atoms with van der Waals surface area (Å²) in [5.74, 6) is -0.331. The first kappa shape index (κ1) is 15.2. The maximum atomic E-state index is 12.6. The predicted octanol–water partition coefficient (Wildman–Crippen LogP) is 1.08. The molecule has 2 unspecified atom stereocenters. The van der Waals surface area contributed by atoms with E-state index in [9.17, 15) is 18.0 Å². The molecule has 2 atom stereocenters. The van der Waals surface area contributed by atoms with Crippen LogP contribution in [-0.2, 0) is 21.1 Å². The fourth-order valence-corrected chi connectivity index (χ4v) is 5.14. The molecule has 1 fully saturated rings. The predicted molar refractivity (Wildman–Crippen MR) is 82.4 cm³/mol. The van der Waals surface area contributed by atoms with Crippen molar-refractivity contribution in [3.63, 3.8) is 0 Å². The Bertz CT molecular complexity index is 725. The van der Waals surface area contributed by atoms with Crippen molar-refractivity contribution in [3.8, 4) is 0 Å². The van der Waals surface area contributed by atoms with Crippen LogP contribution in [0.4, 0.5) is 0 Å². The molecule has 1 amide bonds. The van der Waals surface area contributed by atoms with E-state index in [1.807, 2.05) is 18.2 Å². The van der Waals surface area contributed by atoms with Crippen LogP contribution in [0.3, 0.4) is 0 Å². The second-order valence-electron chi connectivity index (χ2n) is 6.19. The van der Waals surface area contributed by atoms with Gasteiger partial charge in [-0.2, -0.15) is 0 Å². The molecule has 0 radical (unpaired) electrons. The van der Waals surface area contributed by atoms with Crippen LogP contribution >= 0.6 is 0 Å². The molecule has 0 N–H and O–H groups in total. The highest BCUT2D eigenvalue weighted by Gasteiger charge is 2.37. The number of amides is 1. The SMILES string of the molecule is CN(C(=O)C1CC(=O)c2ccccc2C1)C1CCS(=O)(=O)C1. The second kappa shape index (κ2) is 5.50. The van der Waals surface area contributed by atoms with Gasteiger partial charge in [-0.25, -0.2) is 8.42 Å². The van der Waals surface area contributed by atoms with Gasteiger partial charge in [0, 0.05) is 31.0 Å². The zero-order chi connectivity index (χ0) is 15.9. The number of hydrogen-bond acceptors (Lipinski definition) is 4. The van der Waals surface area contributed by atoms with Crippen LogP contribution in [0, 0.1) is 5.92 Å². The van der Waals surface area contributed by atoms with Gasteiger partial charge in [0.2, 0.25) is 5.91 Å². The van der Waals surface area contributed by atoms with Crippen molar-refractivity contribution in [1.82, 2.24) is 4.90 Å². The number of hydrogen-bond donors (Lipinski definition) is 0. The molecular formula is C16H19NO4S. The number of sulfone groups is 1. The van der Waals surface area contributed by atoms with Crippen LogP contribution in [-0.4, -0.2) is 49.6 Å². The van der Waals surface area contributed by atoms with Crippen molar-refractivity contribution in [1.29, 1.82) is 0 Å². The van der Waals surface area contributed by atoms with Gasteiger partial charge in [-0.1, -0.05) is 24.3 Å². The van der Waals surface area contributed by atoms with E-state index in [-0.39, 0.29) is 41.6 Å². The van der Waals surface area contributed by atoms with Crippen LogP contribution in [0.1, 0.15) is 28.8 Å². The van der Waals surface area contributed by atoms with E-state index in [1.165, 1.54) is 4.90 Å². The summed E-state index contributed by atoms with van der Waals surface area (Å²) in [6, 6.07) is 7.11. The van der Waals surface area contributed by atoms with E-state index < -0.39 is 9.84 Å². The Kier molecular flexibility index (Phi) is 3.80. The number of carbonyl (C=O) groups excluding carboxylic acids is 2. The van der Waals surface area contributed by atoms with Gasteiger partial charge in [-0.15, -0.1) is 0 Å². The summed E-state index contributed by atoms with van der Waals surface area (Å²) < 4.78 is 23.1. The first-order chi connectivity index (χ1) is 10.4. The zero-order valence-electron chi connectivity index (χ0n) is 12.5. The third kappa shape index (κ3) is 2.79. The minimum absolute atomic E-state index is 0.00681. The quantitative estimate of drug-likeness (QED) is 0.817. The number of benzene rings is 1. The van der Waals surface area contributed by atoms with Crippen molar-refractivity contribution >= 4 is 21.5 Å². The average molecular weight is 321 g/mol. The number of Topliss-reactive ketones (excluding diaryl/α,β-unsaturated/α-hetero) is 1. The van der Waals surface area contributed by atoms with Crippen LogP contribution in [0.25, 0.3) is 0 Å². The van der Waals surface area contributed by atoms with E-state index in [4.69, 9.17) is 0 Å². The number of carbonyl (C=O) groups is 2. The van der Waals surface area contributed by atoms with Crippen LogP contribution in [0.5, 0.6) is 0 Å². The fourth-order valence-electron chi connectivity index (χ4n) is 3.37. The molecule has 1 aliphatic carbocycles. The molecule has 1 aromatic rings. The van der Waals surface area contributed by atoms with Crippen molar-refractivity contribution in [3.05, 3.63) is 35.4 Å². The molecule has 118 valence electrons. The molecule has 0 saturated carbocycles. The number of fused-ring (bicyclic) bond motifs is 1. The molecule has 1 aromatic carbocycles. The van der Waals surface area contributed by atoms with Crippen molar-refractivity contribution in [2.75, 3.05) is 18.6 Å². The molecule has 1 heterocycles. The van der Waals surface area contributed by atoms with Crippen molar-refractivity contribution in [2.45, 2.75) is 25.3 Å². The molecular weight excluding hydrogens is 302 g/mol. The molecule has 0 bridgehead atoms. The van der Waals surface area contributed by atoms with E-state index in [1.54, 1.807) is 13.1 Å². The van der Waals surface area contributed by atoms with Gasteiger partial charge in [-0.3, -0.25) is 9.59 Å². The monoisotopic (exact) mass is 321 g/mol. The van der Waals surface area contributed by atoms with E-state index in [2.05, 4.69) is 0 Å². The Hall–Kier alpha value is -1.69. The molecule has 2 aliphatic rings. The maximum Gasteiger partial charge on any atom is 0.226 e. The van der Waals surface area contributed by atoms with Crippen molar-refractivity contribution in [2.24, 2.45) is 5.92 Å². The Labute approximate surface area is 130 Å². The summed E-state index contributed by atoms with van der Waals surface area (Å²) in [5.41, 5.74) is 1.61. The van der Waals surface area contributed by atoms with E-state index in [0.29, 0.717) is 18.4 Å². The summed E-state index contributed by atoms with van der Waals surface area (Å²) in [6.07, 6.45) is 1.24. The molecule has 6 heteroatoms. The Morgan fingerprint density at radius 1 is 1.23 bits per heavy atom. The van der Waals surface area contributed by atoms with Gasteiger partial charge in [-0.05, 0) is 18.4 Å². The Morgan fingerprint density at radius 3 is 2.64 bits per heavy atom. The molecule has 0 spiro atoms. The molecule has 22 heavy (non-hydrogen) atoms. The normalized spacial score (nSPS) is 26.5. The Morgan fingerprint density at radius 2 is 1.95 bits per heavy atom. The smallest absolute Gasteiger partial charge is 0.226 e. The van der Waals surface area contributed by atoms with Gasteiger partial charge < -0.3 is 4.90 Å². The molecule has 0 aromatic heterocycles. The van der Waals surface area contributed by atoms with Gasteiger partial charge in [0.25, 0.3) is 0 Å². The number of nitrogens with zero attached hydrogens (tertiary/aromatic N) is 1. The van der Waals surface area contributed by atoms with Crippen LogP contribution < -0.4 is 0 Å². The van der Waals surface area contributed by atoms with Crippen LogP contribution in [0.2, 0.25) is 0 Å². The lowest BCUT2D eigenvalue weighted by molar-refractivity contribution is -0.135. The van der Waals surface area contributed by atoms with E-state index in [0.717, 1.165) is 5.56 Å². The first-order valence-corrected chi connectivity index (χ1v) is 9.28. The first-order valence-electron chi connectivity index (χ1n) is 7.45. The lowest BCUT2D eigenvalue weighted by Crippen LogP contribution is -2.43. The standard InChI is InChI=1S/C16H19NO4S/c1-17(13-6-7-22(20,21)10-13)16(19)12-8-11-4-2-3-5-14(11)15(18)9-12/h2-5,12-13H,6-10H2,1H3. The summed E-state index contributed by atoms with van der Waals surface area (Å²) in [4.78, 5) is 26.3. The molecule has 5 nitrogen and oxygen atoms in total. The lowest BCUT2D eigenvalue weighted by Gasteiger charge is -2.30. The minimum Gasteiger partial charge on any atom is -0.341 e. The highest BCUT2D eigenvalue weighted by molar-refractivity contribution is 7.91. The van der Waals surface area contributed by atoms with Gasteiger partial charge in [0.1, 0.15) is 0 Å². The third-order valence-corrected chi connectivity index (χ3v) is 6.42. The molecule has 1 saturated heterocycles. The van der Waals surface area contributed by atoms with Gasteiger partial charge in [0.15, 0.2) is 15.6 Å². The zero-order valence-corrected chi connectivity index (χ0v) is 13.3. The van der Waals surface area contributed by atoms with Crippen molar-refractivity contribution < 1.29 is 18.0 Å². The van der Waals surface area contributed by atoms with Crippen LogP contribution in [0.15, 0.2) is 24.3 Å². The molecule has 1 aliphatic heterocycles.